The molecule has 2 N–H and O–H groups in total. The average molecular weight is 317 g/mol. The van der Waals surface area contributed by atoms with Crippen molar-refractivity contribution in [3.63, 3.8) is 0 Å². The molecule has 0 spiro atoms. The van der Waals surface area contributed by atoms with Gasteiger partial charge in [-0.05, 0) is 24.6 Å². The molecule has 7 nitrogen and oxygen atoms in total. The molecule has 0 aliphatic rings. The Morgan fingerprint density at radius 3 is 2.74 bits per heavy atom. The Labute approximate surface area is 130 Å². The summed E-state index contributed by atoms with van der Waals surface area (Å²) in [7, 11) is 0. The van der Waals surface area contributed by atoms with Crippen LogP contribution in [-0.4, -0.2) is 22.2 Å². The van der Waals surface area contributed by atoms with Gasteiger partial charge in [-0.3, -0.25) is 14.9 Å². The van der Waals surface area contributed by atoms with Gasteiger partial charge in [0.15, 0.2) is 0 Å². The van der Waals surface area contributed by atoms with Gasteiger partial charge in [0.25, 0.3) is 11.6 Å². The highest BCUT2D eigenvalue weighted by Crippen LogP contribution is 2.26. The molecular weight excluding hydrogens is 305 g/mol. The number of amides is 1. The Balaban J connectivity index is 2.19. The summed E-state index contributed by atoms with van der Waals surface area (Å²) in [6.45, 7) is 1.50. The van der Waals surface area contributed by atoms with Crippen LogP contribution in [0.4, 0.5) is 10.1 Å². The maximum Gasteiger partial charge on any atom is 0.274 e. The molecule has 8 heteroatoms. The Hall–Kier alpha value is -3.29. The number of aromatic hydroxyl groups is 1. The van der Waals surface area contributed by atoms with Crippen LogP contribution in [0.5, 0.6) is 5.75 Å². The third-order valence-electron chi connectivity index (χ3n) is 3.01. The van der Waals surface area contributed by atoms with E-state index in [2.05, 4.69) is 10.5 Å². The molecule has 118 valence electrons. The first kappa shape index (κ1) is 16.1. The van der Waals surface area contributed by atoms with Crippen LogP contribution in [0.3, 0.4) is 0 Å². The Bertz CT molecular complexity index is 805. The lowest BCUT2D eigenvalue weighted by Gasteiger charge is -2.04. The number of rotatable bonds is 4. The van der Waals surface area contributed by atoms with Crippen molar-refractivity contribution in [3.05, 3.63) is 69.0 Å². The second-order valence-corrected chi connectivity index (χ2v) is 4.64. The largest absolute Gasteiger partial charge is 0.507 e. The van der Waals surface area contributed by atoms with Crippen LogP contribution in [0.15, 0.2) is 41.5 Å². The van der Waals surface area contributed by atoms with Gasteiger partial charge in [-0.15, -0.1) is 0 Å². The van der Waals surface area contributed by atoms with E-state index in [1.165, 1.54) is 31.2 Å². The van der Waals surface area contributed by atoms with Crippen molar-refractivity contribution in [2.45, 2.75) is 6.92 Å². The number of non-ortho nitro benzene ring substituents is 1. The third-order valence-corrected chi connectivity index (χ3v) is 3.01. The van der Waals surface area contributed by atoms with E-state index < -0.39 is 16.6 Å². The molecule has 0 fully saturated rings. The van der Waals surface area contributed by atoms with E-state index >= 15 is 0 Å². The number of halogens is 1. The Morgan fingerprint density at radius 1 is 1.39 bits per heavy atom. The molecule has 0 saturated carbocycles. The van der Waals surface area contributed by atoms with Crippen molar-refractivity contribution in [1.82, 2.24) is 5.43 Å². The number of aryl methyl sites for hydroxylation is 1. The van der Waals surface area contributed by atoms with Crippen LogP contribution in [0.25, 0.3) is 0 Å². The first-order valence-electron chi connectivity index (χ1n) is 6.46. The lowest BCUT2D eigenvalue weighted by Crippen LogP contribution is -2.18. The molecule has 2 rings (SSSR count). The quantitative estimate of drug-likeness (QED) is 0.513. The highest BCUT2D eigenvalue weighted by atomic mass is 19.1. The van der Waals surface area contributed by atoms with Gasteiger partial charge in [0.2, 0.25) is 0 Å². The number of hydrogen-bond donors (Lipinski definition) is 2. The summed E-state index contributed by atoms with van der Waals surface area (Å²) in [4.78, 5) is 21.9. The summed E-state index contributed by atoms with van der Waals surface area (Å²) in [5, 5.41) is 24.2. The van der Waals surface area contributed by atoms with Crippen molar-refractivity contribution >= 4 is 17.8 Å². The predicted molar refractivity (Wildman–Crippen MR) is 81.0 cm³/mol. The number of benzene rings is 2. The molecule has 0 bridgehead atoms. The number of phenols is 1. The van der Waals surface area contributed by atoms with Crippen LogP contribution in [0.1, 0.15) is 21.5 Å². The summed E-state index contributed by atoms with van der Waals surface area (Å²) in [5.74, 6) is -1.67. The molecule has 2 aromatic carbocycles. The molecule has 0 aromatic heterocycles. The van der Waals surface area contributed by atoms with Gasteiger partial charge in [0, 0.05) is 17.7 Å². The van der Waals surface area contributed by atoms with Gasteiger partial charge in [-0.2, -0.15) is 5.10 Å². The first-order chi connectivity index (χ1) is 10.9. The number of nitrogens with one attached hydrogen (secondary N) is 1. The second-order valence-electron chi connectivity index (χ2n) is 4.64. The zero-order valence-corrected chi connectivity index (χ0v) is 12.0. The first-order valence-corrected chi connectivity index (χ1v) is 6.46. The van der Waals surface area contributed by atoms with E-state index in [0.29, 0.717) is 5.56 Å². The molecule has 23 heavy (non-hydrogen) atoms. The van der Waals surface area contributed by atoms with E-state index in [4.69, 9.17) is 0 Å². The minimum Gasteiger partial charge on any atom is -0.507 e. The molecule has 2 aromatic rings. The van der Waals surface area contributed by atoms with Crippen LogP contribution < -0.4 is 5.43 Å². The number of nitro benzene ring substituents is 1. The van der Waals surface area contributed by atoms with E-state index in [-0.39, 0.29) is 22.6 Å². The SMILES string of the molecule is Cc1cc([N+](=O)[O-])cc(C=NNC(=O)c2ccccc2F)c1O. The Kier molecular flexibility index (Phi) is 4.65. The monoisotopic (exact) mass is 317 g/mol. The predicted octanol–water partition coefficient (Wildman–Crippen LogP) is 2.51. The molecule has 0 heterocycles. The number of nitro groups is 1. The fourth-order valence-corrected chi connectivity index (χ4v) is 1.86. The van der Waals surface area contributed by atoms with Gasteiger partial charge < -0.3 is 5.11 Å². The average Bonchev–Trinajstić information content (AvgIpc) is 2.51. The summed E-state index contributed by atoms with van der Waals surface area (Å²) < 4.78 is 13.4. The van der Waals surface area contributed by atoms with E-state index in [9.17, 15) is 24.4 Å². The topological polar surface area (TPSA) is 105 Å². The van der Waals surface area contributed by atoms with Crippen LogP contribution >= 0.6 is 0 Å². The smallest absolute Gasteiger partial charge is 0.274 e. The summed E-state index contributed by atoms with van der Waals surface area (Å²) in [6.07, 6.45) is 1.05. The highest BCUT2D eigenvalue weighted by Gasteiger charge is 2.13. The van der Waals surface area contributed by atoms with Crippen molar-refractivity contribution in [3.8, 4) is 5.75 Å². The zero-order valence-electron chi connectivity index (χ0n) is 12.0. The van der Waals surface area contributed by atoms with Gasteiger partial charge in [-0.1, -0.05) is 12.1 Å². The molecule has 0 unspecified atom stereocenters. The van der Waals surface area contributed by atoms with Gasteiger partial charge in [-0.25, -0.2) is 9.82 Å². The van der Waals surface area contributed by atoms with Crippen molar-refractivity contribution in [2.75, 3.05) is 0 Å². The van der Waals surface area contributed by atoms with E-state index in [1.807, 2.05) is 0 Å². The number of carbonyl (C=O) groups excluding carboxylic acids is 1. The molecular formula is C15H12FN3O4. The minimum atomic E-state index is -0.777. The standard InChI is InChI=1S/C15H12FN3O4/c1-9-6-11(19(22)23)7-10(14(9)20)8-17-18-15(21)12-4-2-3-5-13(12)16/h2-8,20H,1H3,(H,18,21). The lowest BCUT2D eigenvalue weighted by atomic mass is 10.1. The van der Waals surface area contributed by atoms with Crippen molar-refractivity contribution < 1.29 is 19.2 Å². The molecule has 1 amide bonds. The van der Waals surface area contributed by atoms with Crippen LogP contribution in [0.2, 0.25) is 0 Å². The van der Waals surface area contributed by atoms with E-state index in [1.54, 1.807) is 0 Å². The minimum absolute atomic E-state index is 0.0607. The second kappa shape index (κ2) is 6.65. The lowest BCUT2D eigenvalue weighted by molar-refractivity contribution is -0.384. The van der Waals surface area contributed by atoms with Crippen molar-refractivity contribution in [1.29, 1.82) is 0 Å². The maximum absolute atomic E-state index is 13.4. The van der Waals surface area contributed by atoms with Gasteiger partial charge in [0.05, 0.1) is 16.7 Å². The number of nitrogens with zero attached hydrogens (tertiary/aromatic N) is 2. The number of hydrogen-bond acceptors (Lipinski definition) is 5. The summed E-state index contributed by atoms with van der Waals surface area (Å²) in [5.41, 5.74) is 2.04. The molecule has 0 radical (unpaired) electrons. The fourth-order valence-electron chi connectivity index (χ4n) is 1.86. The van der Waals surface area contributed by atoms with Crippen LogP contribution in [0, 0.1) is 22.9 Å². The van der Waals surface area contributed by atoms with E-state index in [0.717, 1.165) is 18.3 Å². The highest BCUT2D eigenvalue weighted by molar-refractivity contribution is 5.95. The van der Waals surface area contributed by atoms with Crippen molar-refractivity contribution in [2.24, 2.45) is 5.10 Å². The molecule has 0 aliphatic heterocycles. The molecule has 0 atom stereocenters. The van der Waals surface area contributed by atoms with Gasteiger partial charge in [0.1, 0.15) is 11.6 Å². The molecule has 0 aliphatic carbocycles. The number of hydrazone groups is 1. The zero-order chi connectivity index (χ0) is 17.0. The van der Waals surface area contributed by atoms with Gasteiger partial charge >= 0.3 is 0 Å². The maximum atomic E-state index is 13.4. The summed E-state index contributed by atoms with van der Waals surface area (Å²) in [6, 6.07) is 7.69. The third kappa shape index (κ3) is 3.67. The fraction of sp³-hybridized carbons (Fsp3) is 0.0667. The number of carbonyl (C=O) groups is 1. The number of phenolic OH excluding ortho intramolecular Hbond substituents is 1. The summed E-state index contributed by atoms with van der Waals surface area (Å²) >= 11 is 0. The normalized spacial score (nSPS) is 10.7. The van der Waals surface area contributed by atoms with Crippen LogP contribution in [-0.2, 0) is 0 Å². The Morgan fingerprint density at radius 2 is 2.09 bits per heavy atom. The molecule has 0 saturated heterocycles.